The summed E-state index contributed by atoms with van der Waals surface area (Å²) in [4.78, 5) is 4.23. The molecular formula is C18H28IN3O5. The molecule has 0 amide bonds. The highest BCUT2D eigenvalue weighted by atomic mass is 127. The van der Waals surface area contributed by atoms with Crippen molar-refractivity contribution in [2.24, 2.45) is 10.4 Å². The molecular weight excluding hydrogens is 465 g/mol. The summed E-state index contributed by atoms with van der Waals surface area (Å²) in [6.07, 6.45) is 1.68. The number of aliphatic hydroxyl groups is 1. The molecule has 2 aliphatic rings. The number of benzene rings is 1. The zero-order chi connectivity index (χ0) is 18.2. The largest absolute Gasteiger partial charge is 0.492 e. The lowest BCUT2D eigenvalue weighted by molar-refractivity contribution is 0.127. The molecule has 27 heavy (non-hydrogen) atoms. The molecule has 0 aromatic heterocycles. The molecule has 3 N–H and O–H groups in total. The van der Waals surface area contributed by atoms with Crippen LogP contribution in [0, 0.1) is 5.41 Å². The highest BCUT2D eigenvalue weighted by Gasteiger charge is 2.34. The van der Waals surface area contributed by atoms with Gasteiger partial charge in [-0.3, -0.25) is 4.99 Å². The van der Waals surface area contributed by atoms with Crippen molar-refractivity contribution in [1.82, 2.24) is 10.6 Å². The average Bonchev–Trinajstić information content (AvgIpc) is 3.31. The third kappa shape index (κ3) is 6.01. The van der Waals surface area contributed by atoms with Crippen LogP contribution in [0.5, 0.6) is 17.2 Å². The number of rotatable bonds is 8. The Kier molecular flexibility index (Phi) is 8.71. The van der Waals surface area contributed by atoms with E-state index in [2.05, 4.69) is 15.6 Å². The predicted molar refractivity (Wildman–Crippen MR) is 112 cm³/mol. The molecule has 0 bridgehead atoms. The number of aliphatic imine (C=N–C) groups is 1. The molecule has 3 rings (SSSR count). The van der Waals surface area contributed by atoms with Crippen molar-refractivity contribution in [3.8, 4) is 17.2 Å². The van der Waals surface area contributed by atoms with E-state index < -0.39 is 0 Å². The molecule has 1 atom stereocenters. The number of ether oxygens (including phenoxy) is 4. The van der Waals surface area contributed by atoms with Crippen LogP contribution in [0.25, 0.3) is 0 Å². The van der Waals surface area contributed by atoms with Crippen molar-refractivity contribution in [2.75, 3.05) is 53.4 Å². The standard InChI is InChI=1S/C18H27N3O5.HI/c1-19-17(21-11-18(4-7-22)5-8-23-12-18)20-6-9-24-14-2-3-15-16(10-14)26-13-25-15;/h2-3,10,22H,4-9,11-13H2,1H3,(H2,19,20,21);1H. The summed E-state index contributed by atoms with van der Waals surface area (Å²) in [6.45, 7) is 3.66. The van der Waals surface area contributed by atoms with Crippen LogP contribution >= 0.6 is 24.0 Å². The summed E-state index contributed by atoms with van der Waals surface area (Å²) in [5.74, 6) is 2.90. The van der Waals surface area contributed by atoms with Gasteiger partial charge in [-0.2, -0.15) is 0 Å². The van der Waals surface area contributed by atoms with E-state index >= 15 is 0 Å². The van der Waals surface area contributed by atoms with Crippen LogP contribution in [0.4, 0.5) is 0 Å². The lowest BCUT2D eigenvalue weighted by Gasteiger charge is -2.27. The molecule has 0 saturated carbocycles. The SMILES string of the molecule is CN=C(NCCOc1ccc2c(c1)OCO2)NCC1(CCO)CCOC1.I. The number of halogens is 1. The third-order valence-electron chi connectivity index (χ3n) is 4.69. The van der Waals surface area contributed by atoms with E-state index in [0.717, 1.165) is 37.5 Å². The number of hydrogen-bond donors (Lipinski definition) is 3. The fourth-order valence-electron chi connectivity index (χ4n) is 3.11. The van der Waals surface area contributed by atoms with Crippen molar-refractivity contribution in [1.29, 1.82) is 0 Å². The van der Waals surface area contributed by atoms with Gasteiger partial charge in [0.1, 0.15) is 12.4 Å². The van der Waals surface area contributed by atoms with Crippen LogP contribution in [0.15, 0.2) is 23.2 Å². The number of nitrogens with one attached hydrogen (secondary N) is 2. The number of aliphatic hydroxyl groups excluding tert-OH is 1. The predicted octanol–water partition coefficient (Wildman–Crippen LogP) is 1.37. The molecule has 8 nitrogen and oxygen atoms in total. The van der Waals surface area contributed by atoms with Gasteiger partial charge in [0.25, 0.3) is 0 Å². The van der Waals surface area contributed by atoms with E-state index in [1.807, 2.05) is 18.2 Å². The van der Waals surface area contributed by atoms with Crippen molar-refractivity contribution in [3.63, 3.8) is 0 Å². The van der Waals surface area contributed by atoms with Crippen LogP contribution in [0.2, 0.25) is 0 Å². The molecule has 1 aromatic carbocycles. The van der Waals surface area contributed by atoms with Gasteiger partial charge in [0.2, 0.25) is 6.79 Å². The van der Waals surface area contributed by atoms with Gasteiger partial charge in [-0.15, -0.1) is 24.0 Å². The Hall–Kier alpha value is -1.46. The summed E-state index contributed by atoms with van der Waals surface area (Å²) in [5.41, 5.74) is -0.0185. The Morgan fingerprint density at radius 2 is 2.15 bits per heavy atom. The molecule has 1 saturated heterocycles. The second-order valence-electron chi connectivity index (χ2n) is 6.49. The molecule has 1 aromatic rings. The summed E-state index contributed by atoms with van der Waals surface area (Å²) < 4.78 is 21.9. The molecule has 0 radical (unpaired) electrons. The number of fused-ring (bicyclic) bond motifs is 1. The molecule has 1 fully saturated rings. The first-order valence-corrected chi connectivity index (χ1v) is 8.90. The number of hydrogen-bond acceptors (Lipinski definition) is 6. The quantitative estimate of drug-likeness (QED) is 0.218. The molecule has 152 valence electrons. The van der Waals surface area contributed by atoms with Gasteiger partial charge in [0, 0.05) is 38.3 Å². The van der Waals surface area contributed by atoms with Crippen LogP contribution in [-0.2, 0) is 4.74 Å². The van der Waals surface area contributed by atoms with Crippen LogP contribution < -0.4 is 24.8 Å². The first kappa shape index (κ1) is 21.8. The molecule has 1 unspecified atom stereocenters. The van der Waals surface area contributed by atoms with E-state index in [1.165, 1.54) is 0 Å². The maximum atomic E-state index is 9.29. The monoisotopic (exact) mass is 493 g/mol. The summed E-state index contributed by atoms with van der Waals surface area (Å²) in [7, 11) is 1.73. The van der Waals surface area contributed by atoms with Gasteiger partial charge < -0.3 is 34.7 Å². The van der Waals surface area contributed by atoms with Crippen molar-refractivity contribution in [3.05, 3.63) is 18.2 Å². The number of nitrogens with zero attached hydrogens (tertiary/aromatic N) is 1. The Morgan fingerprint density at radius 1 is 1.30 bits per heavy atom. The summed E-state index contributed by atoms with van der Waals surface area (Å²) in [5, 5.41) is 15.8. The zero-order valence-electron chi connectivity index (χ0n) is 15.5. The van der Waals surface area contributed by atoms with Gasteiger partial charge in [-0.25, -0.2) is 0 Å². The van der Waals surface area contributed by atoms with Crippen molar-refractivity contribution in [2.45, 2.75) is 12.8 Å². The second kappa shape index (κ2) is 10.8. The second-order valence-corrected chi connectivity index (χ2v) is 6.49. The lowest BCUT2D eigenvalue weighted by atomic mass is 9.84. The molecule has 0 aliphatic carbocycles. The smallest absolute Gasteiger partial charge is 0.231 e. The van der Waals surface area contributed by atoms with Gasteiger partial charge in [0.05, 0.1) is 13.2 Å². The zero-order valence-corrected chi connectivity index (χ0v) is 17.9. The molecule has 9 heteroatoms. The normalized spacial score (nSPS) is 20.9. The Morgan fingerprint density at radius 3 is 2.89 bits per heavy atom. The average molecular weight is 493 g/mol. The van der Waals surface area contributed by atoms with E-state index in [-0.39, 0.29) is 42.8 Å². The number of guanidine groups is 1. The van der Waals surface area contributed by atoms with E-state index in [4.69, 9.17) is 18.9 Å². The van der Waals surface area contributed by atoms with Gasteiger partial charge in [-0.05, 0) is 25.0 Å². The van der Waals surface area contributed by atoms with Gasteiger partial charge in [0.15, 0.2) is 17.5 Å². The molecule has 0 spiro atoms. The fourth-order valence-corrected chi connectivity index (χ4v) is 3.11. The first-order chi connectivity index (χ1) is 12.7. The minimum absolute atomic E-state index is 0. The topological polar surface area (TPSA) is 93.6 Å². The Bertz CT molecular complexity index is 623. The minimum Gasteiger partial charge on any atom is -0.492 e. The van der Waals surface area contributed by atoms with E-state index in [9.17, 15) is 5.11 Å². The highest BCUT2D eigenvalue weighted by Crippen LogP contribution is 2.35. The van der Waals surface area contributed by atoms with Crippen molar-refractivity contribution >= 4 is 29.9 Å². The maximum absolute atomic E-state index is 9.29. The first-order valence-electron chi connectivity index (χ1n) is 8.90. The van der Waals surface area contributed by atoms with Crippen LogP contribution in [0.1, 0.15) is 12.8 Å². The third-order valence-corrected chi connectivity index (χ3v) is 4.69. The van der Waals surface area contributed by atoms with Gasteiger partial charge >= 0.3 is 0 Å². The highest BCUT2D eigenvalue weighted by molar-refractivity contribution is 14.0. The maximum Gasteiger partial charge on any atom is 0.231 e. The lowest BCUT2D eigenvalue weighted by Crippen LogP contribution is -2.45. The minimum atomic E-state index is -0.0185. The summed E-state index contributed by atoms with van der Waals surface area (Å²) >= 11 is 0. The fraction of sp³-hybridized carbons (Fsp3) is 0.611. The summed E-state index contributed by atoms with van der Waals surface area (Å²) in [6, 6.07) is 5.53. The Balaban J connectivity index is 0.00000261. The Labute approximate surface area is 176 Å². The van der Waals surface area contributed by atoms with Crippen molar-refractivity contribution < 1.29 is 24.1 Å². The van der Waals surface area contributed by atoms with E-state index in [0.29, 0.717) is 31.5 Å². The van der Waals surface area contributed by atoms with E-state index in [1.54, 1.807) is 7.05 Å². The molecule has 2 heterocycles. The molecule has 2 aliphatic heterocycles. The van der Waals surface area contributed by atoms with Crippen LogP contribution in [0.3, 0.4) is 0 Å². The van der Waals surface area contributed by atoms with Crippen LogP contribution in [-0.4, -0.2) is 64.4 Å². The van der Waals surface area contributed by atoms with Gasteiger partial charge in [-0.1, -0.05) is 0 Å².